The van der Waals surface area contributed by atoms with Gasteiger partial charge in [-0.25, -0.2) is 4.98 Å². The van der Waals surface area contributed by atoms with E-state index in [1.54, 1.807) is 6.07 Å². The molecule has 10 nitrogen and oxygen atoms in total. The Balaban J connectivity index is 1.41. The fourth-order valence-corrected chi connectivity index (χ4v) is 4.29. The van der Waals surface area contributed by atoms with Crippen LogP contribution in [-0.2, 0) is 9.53 Å². The number of rotatable bonds is 8. The highest BCUT2D eigenvalue weighted by atomic mass is 32.2. The predicted octanol–water partition coefficient (Wildman–Crippen LogP) is 1.65. The molecule has 2 aliphatic heterocycles. The summed E-state index contributed by atoms with van der Waals surface area (Å²) in [5.41, 5.74) is 9.55. The van der Waals surface area contributed by atoms with Crippen molar-refractivity contribution in [1.29, 1.82) is 0 Å². The van der Waals surface area contributed by atoms with Crippen molar-refractivity contribution in [3.63, 3.8) is 0 Å². The maximum absolute atomic E-state index is 12.8. The Morgan fingerprint density at radius 3 is 2.88 bits per heavy atom. The number of hydrogen-bond donors (Lipinski definition) is 3. The molecule has 32 heavy (non-hydrogen) atoms. The summed E-state index contributed by atoms with van der Waals surface area (Å²) in [4.78, 5) is 28.5. The van der Waals surface area contributed by atoms with E-state index < -0.39 is 5.54 Å². The minimum Gasteiger partial charge on any atom is -0.490 e. The number of amidine groups is 1. The lowest BCUT2D eigenvalue weighted by atomic mass is 10.1. The lowest BCUT2D eigenvalue weighted by molar-refractivity contribution is -0.119. The van der Waals surface area contributed by atoms with Crippen LogP contribution in [0.15, 0.2) is 40.9 Å². The van der Waals surface area contributed by atoms with E-state index in [1.807, 2.05) is 37.5 Å². The molecule has 168 valence electrons. The number of amides is 2. The van der Waals surface area contributed by atoms with Crippen LogP contribution >= 0.6 is 10.9 Å². The molecule has 4 rings (SSSR count). The van der Waals surface area contributed by atoms with E-state index in [4.69, 9.17) is 15.2 Å². The molecule has 2 aliphatic rings. The number of fused-ring (bicyclic) bond motifs is 3. The zero-order chi connectivity index (χ0) is 22.9. The van der Waals surface area contributed by atoms with Gasteiger partial charge in [0.25, 0.3) is 11.8 Å². The number of pyridine rings is 1. The van der Waals surface area contributed by atoms with Crippen LogP contribution in [0, 0.1) is 0 Å². The van der Waals surface area contributed by atoms with Crippen molar-refractivity contribution in [1.82, 2.24) is 10.3 Å². The molecule has 1 aromatic carbocycles. The van der Waals surface area contributed by atoms with Gasteiger partial charge < -0.3 is 25.8 Å². The molecule has 0 saturated heterocycles. The van der Waals surface area contributed by atoms with Crippen molar-refractivity contribution in [3.05, 3.63) is 47.7 Å². The van der Waals surface area contributed by atoms with Crippen molar-refractivity contribution in [2.45, 2.75) is 19.4 Å². The highest BCUT2D eigenvalue weighted by molar-refractivity contribution is 8.23. The molecule has 2 aromatic rings. The predicted molar refractivity (Wildman–Crippen MR) is 125 cm³/mol. The first-order valence-electron chi connectivity index (χ1n) is 9.83. The quantitative estimate of drug-likeness (QED) is 0.515. The molecule has 4 N–H and O–H groups in total. The smallest absolute Gasteiger partial charge is 0.252 e. The van der Waals surface area contributed by atoms with Crippen molar-refractivity contribution < 1.29 is 19.1 Å². The number of carbonyl (C=O) groups is 2. The van der Waals surface area contributed by atoms with Gasteiger partial charge in [-0.1, -0.05) is 6.07 Å². The first-order chi connectivity index (χ1) is 15.3. The van der Waals surface area contributed by atoms with Gasteiger partial charge in [0, 0.05) is 29.7 Å². The van der Waals surface area contributed by atoms with Crippen molar-refractivity contribution in [2.24, 2.45) is 10.1 Å². The number of anilines is 2. The molecule has 0 bridgehead atoms. The molecular weight excluding hydrogens is 432 g/mol. The Morgan fingerprint density at radius 2 is 2.09 bits per heavy atom. The lowest BCUT2D eigenvalue weighted by Crippen LogP contribution is -2.48. The summed E-state index contributed by atoms with van der Waals surface area (Å²) in [6.45, 7) is 3.82. The maximum atomic E-state index is 12.8. The second-order valence-corrected chi connectivity index (χ2v) is 9.26. The van der Waals surface area contributed by atoms with Gasteiger partial charge in [0.1, 0.15) is 30.6 Å². The largest absolute Gasteiger partial charge is 0.490 e. The van der Waals surface area contributed by atoms with E-state index in [-0.39, 0.29) is 41.7 Å². The highest BCUT2D eigenvalue weighted by Gasteiger charge is 2.32. The Labute approximate surface area is 188 Å². The summed E-state index contributed by atoms with van der Waals surface area (Å²) in [6.07, 6.45) is 1.46. The van der Waals surface area contributed by atoms with Crippen LogP contribution in [-0.4, -0.2) is 54.0 Å². The van der Waals surface area contributed by atoms with Gasteiger partial charge in [0.2, 0.25) is 0 Å². The van der Waals surface area contributed by atoms with Gasteiger partial charge in [-0.2, -0.15) is 4.40 Å². The molecule has 0 spiro atoms. The summed E-state index contributed by atoms with van der Waals surface area (Å²) in [5.74, 6) is 0.659. The third-order valence-electron chi connectivity index (χ3n) is 4.64. The van der Waals surface area contributed by atoms with E-state index in [0.717, 1.165) is 11.3 Å². The number of ether oxygens (including phenoxy) is 2. The number of methoxy groups -OCH3 is 1. The third-order valence-corrected chi connectivity index (χ3v) is 5.91. The Kier molecular flexibility index (Phi) is 5.85. The molecular formula is C21H24N6O4S. The first kappa shape index (κ1) is 21.8. The van der Waals surface area contributed by atoms with Crippen molar-refractivity contribution in [3.8, 4) is 5.75 Å². The van der Waals surface area contributed by atoms with E-state index >= 15 is 0 Å². The Morgan fingerprint density at radius 1 is 1.28 bits per heavy atom. The number of hydrogen-bond acceptors (Lipinski definition) is 8. The number of nitrogens with zero attached hydrogens (tertiary/aromatic N) is 3. The van der Waals surface area contributed by atoms with Gasteiger partial charge in [-0.15, -0.1) is 0 Å². The second kappa shape index (κ2) is 8.60. The minimum absolute atomic E-state index is 0.0994. The van der Waals surface area contributed by atoms with E-state index in [9.17, 15) is 9.59 Å². The standard InChI is InChI=1S/C21H24N6O4S/c1-21(2,25-20(29)13-7-8-23-16(9-13)24-17(28)10-30-3)11-31-15-6-4-5-14-18(15)19(22)26-32-12-27(14)32/h4-9,12H,10-11H2,1-3H3,(H2,22,26)(H,25,29)(H,23,24,28). The molecule has 1 atom stereocenters. The van der Waals surface area contributed by atoms with Crippen LogP contribution in [0.1, 0.15) is 29.8 Å². The van der Waals surface area contributed by atoms with E-state index in [1.165, 1.54) is 19.4 Å². The Bertz CT molecular complexity index is 1150. The number of nitrogens with two attached hydrogens (primary N) is 1. The molecule has 0 fully saturated rings. The van der Waals surface area contributed by atoms with E-state index in [2.05, 4.69) is 24.3 Å². The zero-order valence-corrected chi connectivity index (χ0v) is 18.7. The molecule has 0 aliphatic carbocycles. The second-order valence-electron chi connectivity index (χ2n) is 7.89. The van der Waals surface area contributed by atoms with Crippen LogP contribution in [0.25, 0.3) is 0 Å². The van der Waals surface area contributed by atoms with Crippen LogP contribution in [0.3, 0.4) is 0 Å². The molecule has 1 aromatic heterocycles. The van der Waals surface area contributed by atoms with Gasteiger partial charge >= 0.3 is 0 Å². The zero-order valence-electron chi connectivity index (χ0n) is 17.9. The summed E-state index contributed by atoms with van der Waals surface area (Å²) >= 11 is 0. The monoisotopic (exact) mass is 456 g/mol. The summed E-state index contributed by atoms with van der Waals surface area (Å²) in [6, 6.07) is 8.79. The van der Waals surface area contributed by atoms with Crippen LogP contribution in [0.4, 0.5) is 11.5 Å². The molecule has 2 amide bonds. The van der Waals surface area contributed by atoms with E-state index in [0.29, 0.717) is 17.1 Å². The van der Waals surface area contributed by atoms with Crippen LogP contribution in [0.2, 0.25) is 0 Å². The third kappa shape index (κ3) is 4.73. The molecule has 0 saturated carbocycles. The molecule has 3 heterocycles. The topological polar surface area (TPSA) is 131 Å². The van der Waals surface area contributed by atoms with Crippen molar-refractivity contribution >= 4 is 45.5 Å². The summed E-state index contributed by atoms with van der Waals surface area (Å²) in [7, 11) is 1.16. The highest BCUT2D eigenvalue weighted by Crippen LogP contribution is 2.46. The van der Waals surface area contributed by atoms with Crippen LogP contribution < -0.4 is 25.4 Å². The van der Waals surface area contributed by atoms with Gasteiger partial charge in [-0.05, 0) is 38.1 Å². The number of aromatic nitrogens is 1. The van der Waals surface area contributed by atoms with Gasteiger partial charge in [0.05, 0.1) is 22.3 Å². The van der Waals surface area contributed by atoms with Crippen LogP contribution in [0.5, 0.6) is 5.75 Å². The molecule has 0 radical (unpaired) electrons. The average Bonchev–Trinajstić information content (AvgIpc) is 3.52. The van der Waals surface area contributed by atoms with Gasteiger partial charge in [0.15, 0.2) is 0 Å². The fraction of sp³-hybridized carbons (Fsp3) is 0.286. The lowest BCUT2D eigenvalue weighted by Gasteiger charge is -2.27. The Hall–Kier alpha value is -3.44. The number of benzene rings is 1. The summed E-state index contributed by atoms with van der Waals surface area (Å²) < 4.78 is 17.3. The van der Waals surface area contributed by atoms with Crippen molar-refractivity contribution in [2.75, 3.05) is 29.9 Å². The fourth-order valence-electron chi connectivity index (χ4n) is 3.14. The van der Waals surface area contributed by atoms with Gasteiger partial charge in [-0.3, -0.25) is 13.9 Å². The summed E-state index contributed by atoms with van der Waals surface area (Å²) in [5, 5.41) is 5.53. The maximum Gasteiger partial charge on any atom is 0.252 e. The number of carbonyl (C=O) groups excluding carboxylic acids is 2. The first-order valence-corrected chi connectivity index (χ1v) is 11.0. The normalized spacial score (nSPS) is 16.2. The molecule has 1 unspecified atom stereocenters. The molecule has 11 heteroatoms. The number of nitrogens with one attached hydrogen (secondary N) is 2. The average molecular weight is 457 g/mol. The SMILES string of the molecule is COCC(=O)Nc1cc(C(=O)NC(C)(C)COc2cccc3c2C(N)=NS2=CN32)ccn1. The minimum atomic E-state index is -0.695.